The number of furan rings is 1. The van der Waals surface area contributed by atoms with E-state index in [-0.39, 0.29) is 12.5 Å². The summed E-state index contributed by atoms with van der Waals surface area (Å²) in [6.45, 7) is -0.165. The second kappa shape index (κ2) is 7.83. The van der Waals surface area contributed by atoms with Crippen molar-refractivity contribution in [3.8, 4) is 11.3 Å². The first-order valence-corrected chi connectivity index (χ1v) is 8.07. The largest absolute Gasteiger partial charge is 0.459 e. The molecule has 25 heavy (non-hydrogen) atoms. The first-order chi connectivity index (χ1) is 12.2. The van der Waals surface area contributed by atoms with Crippen LogP contribution in [-0.2, 0) is 11.4 Å². The van der Waals surface area contributed by atoms with E-state index in [0.29, 0.717) is 22.2 Å². The van der Waals surface area contributed by atoms with Gasteiger partial charge in [-0.25, -0.2) is 0 Å². The summed E-state index contributed by atoms with van der Waals surface area (Å²) in [5.41, 5.74) is 2.18. The van der Waals surface area contributed by atoms with Crippen molar-refractivity contribution in [2.45, 2.75) is 6.61 Å². The number of benzene rings is 2. The SMILES string of the molecule is O=C(/C=C/c1ccccc1)Nc1cc(-c2ccc(CO)o2)ccc1Cl. The monoisotopic (exact) mass is 353 g/mol. The normalized spacial score (nSPS) is 11.0. The van der Waals surface area contributed by atoms with Crippen LogP contribution in [0.3, 0.4) is 0 Å². The molecule has 0 fully saturated rings. The van der Waals surface area contributed by atoms with E-state index in [0.717, 1.165) is 11.1 Å². The Bertz CT molecular complexity index is 900. The first-order valence-electron chi connectivity index (χ1n) is 7.69. The van der Waals surface area contributed by atoms with E-state index in [9.17, 15) is 4.79 Å². The molecule has 1 aromatic heterocycles. The summed E-state index contributed by atoms with van der Waals surface area (Å²) in [7, 11) is 0. The fourth-order valence-electron chi connectivity index (χ4n) is 2.30. The van der Waals surface area contributed by atoms with Crippen molar-refractivity contribution in [3.63, 3.8) is 0 Å². The molecule has 126 valence electrons. The molecule has 2 N–H and O–H groups in total. The molecule has 3 rings (SSSR count). The number of hydrogen-bond acceptors (Lipinski definition) is 3. The Balaban J connectivity index is 1.76. The molecule has 0 spiro atoms. The summed E-state index contributed by atoms with van der Waals surface area (Å²) in [5, 5.41) is 12.3. The molecule has 1 amide bonds. The van der Waals surface area contributed by atoms with Crippen molar-refractivity contribution >= 4 is 29.3 Å². The van der Waals surface area contributed by atoms with Crippen LogP contribution in [0.25, 0.3) is 17.4 Å². The van der Waals surface area contributed by atoms with Crippen LogP contribution in [0.4, 0.5) is 5.69 Å². The molecule has 2 aromatic carbocycles. The number of rotatable bonds is 5. The van der Waals surface area contributed by atoms with Gasteiger partial charge in [-0.3, -0.25) is 4.79 Å². The lowest BCUT2D eigenvalue weighted by Gasteiger charge is -2.07. The lowest BCUT2D eigenvalue weighted by atomic mass is 10.1. The molecule has 0 atom stereocenters. The molecule has 0 saturated carbocycles. The molecule has 5 heteroatoms. The van der Waals surface area contributed by atoms with Crippen LogP contribution in [0.15, 0.2) is 71.2 Å². The van der Waals surface area contributed by atoms with Gasteiger partial charge in [0.25, 0.3) is 0 Å². The zero-order valence-corrected chi connectivity index (χ0v) is 14.0. The highest BCUT2D eigenvalue weighted by molar-refractivity contribution is 6.34. The van der Waals surface area contributed by atoms with Crippen LogP contribution in [0.5, 0.6) is 0 Å². The average Bonchev–Trinajstić information content (AvgIpc) is 3.12. The Morgan fingerprint density at radius 2 is 1.92 bits per heavy atom. The van der Waals surface area contributed by atoms with Crippen LogP contribution in [0.2, 0.25) is 5.02 Å². The number of aliphatic hydroxyl groups excluding tert-OH is 1. The highest BCUT2D eigenvalue weighted by Crippen LogP contribution is 2.30. The Kier molecular flexibility index (Phi) is 5.33. The Labute approximate surface area is 150 Å². The smallest absolute Gasteiger partial charge is 0.248 e. The Morgan fingerprint density at radius 1 is 1.12 bits per heavy atom. The minimum Gasteiger partial charge on any atom is -0.459 e. The van der Waals surface area contributed by atoms with Gasteiger partial charge in [0, 0.05) is 11.6 Å². The average molecular weight is 354 g/mol. The summed E-state index contributed by atoms with van der Waals surface area (Å²) in [6.07, 6.45) is 3.18. The van der Waals surface area contributed by atoms with Crippen LogP contribution in [0.1, 0.15) is 11.3 Å². The van der Waals surface area contributed by atoms with E-state index in [1.54, 1.807) is 36.4 Å². The zero-order chi connectivity index (χ0) is 17.6. The topological polar surface area (TPSA) is 62.5 Å². The van der Waals surface area contributed by atoms with Crippen LogP contribution < -0.4 is 5.32 Å². The van der Waals surface area contributed by atoms with Gasteiger partial charge in [0.15, 0.2) is 0 Å². The summed E-state index contributed by atoms with van der Waals surface area (Å²) < 4.78 is 5.50. The molecule has 0 radical (unpaired) electrons. The lowest BCUT2D eigenvalue weighted by molar-refractivity contribution is -0.111. The third-order valence-corrected chi connectivity index (χ3v) is 3.88. The minimum absolute atomic E-state index is 0.165. The fraction of sp³-hybridized carbons (Fsp3) is 0.0500. The van der Waals surface area contributed by atoms with Gasteiger partial charge < -0.3 is 14.8 Å². The molecule has 3 aromatic rings. The number of carbonyl (C=O) groups is 1. The van der Waals surface area contributed by atoms with Crippen molar-refractivity contribution < 1.29 is 14.3 Å². The number of carbonyl (C=O) groups excluding carboxylic acids is 1. The summed E-state index contributed by atoms with van der Waals surface area (Å²) in [6, 6.07) is 18.2. The standard InChI is InChI=1S/C20H16ClNO3/c21-17-9-7-15(19-10-8-16(13-23)25-19)12-18(17)22-20(24)11-6-14-4-2-1-3-5-14/h1-12,23H,13H2,(H,22,24)/b11-6+. The van der Waals surface area contributed by atoms with Crippen LogP contribution in [-0.4, -0.2) is 11.0 Å². The molecule has 0 aliphatic rings. The van der Waals surface area contributed by atoms with Crippen LogP contribution >= 0.6 is 11.6 Å². The van der Waals surface area contributed by atoms with Crippen molar-refractivity contribution in [1.29, 1.82) is 0 Å². The molecular formula is C20H16ClNO3. The van der Waals surface area contributed by atoms with E-state index < -0.39 is 0 Å². The van der Waals surface area contributed by atoms with Crippen molar-refractivity contribution in [1.82, 2.24) is 0 Å². The molecular weight excluding hydrogens is 338 g/mol. The predicted octanol–water partition coefficient (Wildman–Crippen LogP) is 4.74. The maximum Gasteiger partial charge on any atom is 0.248 e. The Hall–Kier alpha value is -2.82. The van der Waals surface area contributed by atoms with E-state index in [4.69, 9.17) is 21.1 Å². The van der Waals surface area contributed by atoms with Gasteiger partial charge in [0.2, 0.25) is 5.91 Å². The number of amides is 1. The third kappa shape index (κ3) is 4.38. The molecule has 0 aliphatic heterocycles. The number of anilines is 1. The molecule has 0 aliphatic carbocycles. The third-order valence-electron chi connectivity index (χ3n) is 3.55. The van der Waals surface area contributed by atoms with Crippen molar-refractivity contribution in [2.75, 3.05) is 5.32 Å². The van der Waals surface area contributed by atoms with Gasteiger partial charge in [0.05, 0.1) is 10.7 Å². The molecule has 1 heterocycles. The van der Waals surface area contributed by atoms with Crippen molar-refractivity contribution in [2.24, 2.45) is 0 Å². The van der Waals surface area contributed by atoms with E-state index in [1.807, 2.05) is 30.3 Å². The second-order valence-corrected chi connectivity index (χ2v) is 5.76. The van der Waals surface area contributed by atoms with E-state index in [1.165, 1.54) is 6.08 Å². The molecule has 0 saturated heterocycles. The predicted molar refractivity (Wildman–Crippen MR) is 99.2 cm³/mol. The summed E-state index contributed by atoms with van der Waals surface area (Å²) in [4.78, 5) is 12.1. The van der Waals surface area contributed by atoms with Gasteiger partial charge >= 0.3 is 0 Å². The van der Waals surface area contributed by atoms with E-state index in [2.05, 4.69) is 5.32 Å². The number of halogens is 1. The fourth-order valence-corrected chi connectivity index (χ4v) is 2.47. The maximum atomic E-state index is 12.1. The Morgan fingerprint density at radius 3 is 2.64 bits per heavy atom. The second-order valence-electron chi connectivity index (χ2n) is 5.35. The first kappa shape index (κ1) is 17.0. The number of nitrogens with one attached hydrogen (secondary N) is 1. The molecule has 4 nitrogen and oxygen atoms in total. The lowest BCUT2D eigenvalue weighted by Crippen LogP contribution is -2.08. The van der Waals surface area contributed by atoms with Gasteiger partial charge in [-0.1, -0.05) is 41.9 Å². The zero-order valence-electron chi connectivity index (χ0n) is 13.3. The summed E-state index contributed by atoms with van der Waals surface area (Å²) in [5.74, 6) is 0.788. The quantitative estimate of drug-likeness (QED) is 0.651. The van der Waals surface area contributed by atoms with Gasteiger partial charge in [-0.15, -0.1) is 0 Å². The van der Waals surface area contributed by atoms with Crippen molar-refractivity contribution in [3.05, 3.63) is 83.1 Å². The number of aliphatic hydroxyl groups is 1. The molecule has 0 bridgehead atoms. The van der Waals surface area contributed by atoms with Gasteiger partial charge in [0.1, 0.15) is 18.1 Å². The van der Waals surface area contributed by atoms with Gasteiger partial charge in [-0.2, -0.15) is 0 Å². The highest BCUT2D eigenvalue weighted by Gasteiger charge is 2.09. The van der Waals surface area contributed by atoms with Gasteiger partial charge in [-0.05, 0) is 42.0 Å². The van der Waals surface area contributed by atoms with E-state index >= 15 is 0 Å². The summed E-state index contributed by atoms with van der Waals surface area (Å²) >= 11 is 6.17. The number of hydrogen-bond donors (Lipinski definition) is 2. The highest BCUT2D eigenvalue weighted by atomic mass is 35.5. The van der Waals surface area contributed by atoms with Crippen LogP contribution in [0, 0.1) is 0 Å². The minimum atomic E-state index is -0.279. The molecule has 0 unspecified atom stereocenters. The maximum absolute atomic E-state index is 12.1.